The number of thiophene rings is 1. The smallest absolute Gasteiger partial charge is 0.254 e. The molecule has 3 unspecified atom stereocenters. The number of carbonyl (C=O) groups excluding carboxylic acids is 1. The van der Waals surface area contributed by atoms with Crippen LogP contribution >= 0.6 is 11.3 Å². The van der Waals surface area contributed by atoms with Gasteiger partial charge in [0.1, 0.15) is 0 Å². The fourth-order valence-corrected chi connectivity index (χ4v) is 5.43. The van der Waals surface area contributed by atoms with E-state index in [9.17, 15) is 9.00 Å². The van der Waals surface area contributed by atoms with E-state index in [0.29, 0.717) is 12.1 Å². The molecule has 6 heteroatoms. The van der Waals surface area contributed by atoms with Crippen LogP contribution < -0.4 is 0 Å². The number of benzene rings is 1. The third kappa shape index (κ3) is 4.73. The van der Waals surface area contributed by atoms with Gasteiger partial charge in [-0.25, -0.2) is 0 Å². The molecule has 4 nitrogen and oxygen atoms in total. The van der Waals surface area contributed by atoms with Crippen molar-refractivity contribution in [2.45, 2.75) is 49.4 Å². The Labute approximate surface area is 175 Å². The fraction of sp³-hybridized carbons (Fsp3) is 0.500. The van der Waals surface area contributed by atoms with Crippen LogP contribution in [0.4, 0.5) is 0 Å². The van der Waals surface area contributed by atoms with E-state index in [1.165, 1.54) is 0 Å². The Morgan fingerprint density at radius 2 is 2.00 bits per heavy atom. The van der Waals surface area contributed by atoms with Gasteiger partial charge in [0.2, 0.25) is 0 Å². The molecule has 1 aliphatic rings. The second-order valence-corrected chi connectivity index (χ2v) is 10.3. The van der Waals surface area contributed by atoms with Crippen LogP contribution in [0.1, 0.15) is 43.5 Å². The second-order valence-electron chi connectivity index (χ2n) is 7.64. The third-order valence-electron chi connectivity index (χ3n) is 5.76. The highest BCUT2D eigenvalue weighted by atomic mass is 32.2. The molecule has 1 aliphatic heterocycles. The summed E-state index contributed by atoms with van der Waals surface area (Å²) in [5, 5.41) is 0. The van der Waals surface area contributed by atoms with Crippen molar-refractivity contribution in [2.75, 3.05) is 26.4 Å². The lowest BCUT2D eigenvalue weighted by Crippen LogP contribution is -2.44. The molecule has 28 heavy (non-hydrogen) atoms. The molecule has 1 amide bonds. The number of nitrogens with zero attached hydrogens (tertiary/aromatic N) is 2. The molecule has 2 heterocycles. The molecule has 0 bridgehead atoms. The number of hydrogen-bond acceptors (Lipinski definition) is 4. The van der Waals surface area contributed by atoms with E-state index in [1.54, 1.807) is 17.6 Å². The minimum absolute atomic E-state index is 0.133. The first-order valence-electron chi connectivity index (χ1n) is 9.95. The normalized spacial score (nSPS) is 19.2. The highest BCUT2D eigenvalue weighted by Crippen LogP contribution is 2.30. The summed E-state index contributed by atoms with van der Waals surface area (Å²) in [4.78, 5) is 18.6. The molecule has 2 aromatic rings. The molecule has 3 atom stereocenters. The number of likely N-dealkylation sites (tertiary alicyclic amines) is 1. The molecule has 0 radical (unpaired) electrons. The minimum atomic E-state index is -0.955. The van der Waals surface area contributed by atoms with Crippen molar-refractivity contribution in [3.05, 3.63) is 42.0 Å². The summed E-state index contributed by atoms with van der Waals surface area (Å²) in [6, 6.07) is 12.6. The van der Waals surface area contributed by atoms with Crippen LogP contribution in [0.25, 0.3) is 10.4 Å². The predicted molar refractivity (Wildman–Crippen MR) is 119 cm³/mol. The summed E-state index contributed by atoms with van der Waals surface area (Å²) in [7, 11) is 1.20. The lowest BCUT2D eigenvalue weighted by molar-refractivity contribution is 0.0695. The fourth-order valence-electron chi connectivity index (χ4n) is 3.69. The molecule has 0 saturated carbocycles. The first-order valence-corrected chi connectivity index (χ1v) is 12.3. The van der Waals surface area contributed by atoms with Crippen LogP contribution in [-0.2, 0) is 10.8 Å². The van der Waals surface area contributed by atoms with Crippen molar-refractivity contribution in [1.82, 2.24) is 9.80 Å². The van der Waals surface area contributed by atoms with Gasteiger partial charge in [0, 0.05) is 41.9 Å². The second kappa shape index (κ2) is 9.33. The molecule has 152 valence electrons. The summed E-state index contributed by atoms with van der Waals surface area (Å²) < 4.78 is 12.5. The van der Waals surface area contributed by atoms with Crippen LogP contribution in [0.15, 0.2) is 40.6 Å². The van der Waals surface area contributed by atoms with Gasteiger partial charge in [0.05, 0.1) is 15.0 Å². The average molecular weight is 419 g/mol. The van der Waals surface area contributed by atoms with Gasteiger partial charge < -0.3 is 9.80 Å². The monoisotopic (exact) mass is 418 g/mol. The van der Waals surface area contributed by atoms with Crippen LogP contribution in [0.2, 0.25) is 0 Å². The molecule has 0 N–H and O–H groups in total. The highest BCUT2D eigenvalue weighted by Gasteiger charge is 2.30. The average Bonchev–Trinajstić information content (AvgIpc) is 3.36. The molecule has 1 aromatic carbocycles. The van der Waals surface area contributed by atoms with E-state index in [-0.39, 0.29) is 5.91 Å². The first kappa shape index (κ1) is 21.2. The van der Waals surface area contributed by atoms with Crippen molar-refractivity contribution in [3.8, 4) is 10.4 Å². The van der Waals surface area contributed by atoms with Crippen LogP contribution in [0.5, 0.6) is 0 Å². The van der Waals surface area contributed by atoms with Gasteiger partial charge >= 0.3 is 0 Å². The maximum atomic E-state index is 13.1. The Balaban J connectivity index is 1.70. The maximum absolute atomic E-state index is 13.1. The topological polar surface area (TPSA) is 40.6 Å². The van der Waals surface area contributed by atoms with E-state index in [0.717, 1.165) is 52.6 Å². The lowest BCUT2D eigenvalue weighted by atomic mass is 10.1. The van der Waals surface area contributed by atoms with Gasteiger partial charge in [0.25, 0.3) is 5.91 Å². The van der Waals surface area contributed by atoms with Crippen LogP contribution in [0, 0.1) is 0 Å². The van der Waals surface area contributed by atoms with E-state index < -0.39 is 10.8 Å². The summed E-state index contributed by atoms with van der Waals surface area (Å²) in [5.74, 6) is 0.133. The van der Waals surface area contributed by atoms with Crippen LogP contribution in [0.3, 0.4) is 0 Å². The van der Waals surface area contributed by atoms with Crippen molar-refractivity contribution in [3.63, 3.8) is 0 Å². The Hall–Kier alpha value is -1.50. The Kier molecular flexibility index (Phi) is 7.07. The van der Waals surface area contributed by atoms with Gasteiger partial charge in [-0.05, 0) is 63.1 Å². The molecule has 0 aliphatic carbocycles. The zero-order valence-corrected chi connectivity index (χ0v) is 18.8. The minimum Gasteiger partial charge on any atom is -0.334 e. The van der Waals surface area contributed by atoms with E-state index in [2.05, 4.69) is 30.7 Å². The van der Waals surface area contributed by atoms with Gasteiger partial charge in [-0.15, -0.1) is 11.3 Å². The van der Waals surface area contributed by atoms with Crippen molar-refractivity contribution >= 4 is 28.0 Å². The molecule has 1 saturated heterocycles. The Morgan fingerprint density at radius 1 is 1.29 bits per heavy atom. The van der Waals surface area contributed by atoms with Crippen molar-refractivity contribution < 1.29 is 9.00 Å². The lowest BCUT2D eigenvalue weighted by Gasteiger charge is -2.31. The number of rotatable bonds is 7. The number of carbonyl (C=O) groups is 1. The summed E-state index contributed by atoms with van der Waals surface area (Å²) in [6.45, 7) is 6.22. The molecule has 1 fully saturated rings. The first-order chi connectivity index (χ1) is 13.4. The van der Waals surface area contributed by atoms with Crippen LogP contribution in [-0.4, -0.2) is 58.4 Å². The Bertz CT molecular complexity index is 831. The third-order valence-corrected chi connectivity index (χ3v) is 8.35. The molecule has 1 aromatic heterocycles. The van der Waals surface area contributed by atoms with E-state index in [1.807, 2.05) is 36.4 Å². The van der Waals surface area contributed by atoms with Crippen molar-refractivity contribution in [2.24, 2.45) is 0 Å². The summed E-state index contributed by atoms with van der Waals surface area (Å²) in [5.41, 5.74) is 1.81. The highest BCUT2D eigenvalue weighted by molar-refractivity contribution is 7.86. The largest absolute Gasteiger partial charge is 0.334 e. The zero-order valence-electron chi connectivity index (χ0n) is 17.2. The number of likely N-dealkylation sites (N-methyl/N-ethyl adjacent to an activating group) is 1. The molecule has 3 rings (SSSR count). The SMILES string of the molecule is CCC(C)N(C)CC1CCCN1C(=O)c1ccc(-c2ccc(S(C)=O)s2)cc1. The number of amides is 1. The standard InChI is InChI=1S/C22H30N2O2S2/c1-5-16(2)23(3)15-19-7-6-14-24(19)22(25)18-10-8-17(9-11-18)20-12-13-21(27-20)28(4)26/h8-13,16,19H,5-7,14-15H2,1-4H3. The predicted octanol–water partition coefficient (Wildman–Crippen LogP) is 4.49. The zero-order chi connectivity index (χ0) is 20.3. The van der Waals surface area contributed by atoms with E-state index >= 15 is 0 Å². The van der Waals surface area contributed by atoms with Gasteiger partial charge in [-0.3, -0.25) is 9.00 Å². The Morgan fingerprint density at radius 3 is 2.61 bits per heavy atom. The summed E-state index contributed by atoms with van der Waals surface area (Å²) >= 11 is 1.54. The van der Waals surface area contributed by atoms with Gasteiger partial charge in [0.15, 0.2) is 0 Å². The maximum Gasteiger partial charge on any atom is 0.254 e. The number of hydrogen-bond donors (Lipinski definition) is 0. The van der Waals surface area contributed by atoms with Gasteiger partial charge in [-0.1, -0.05) is 19.1 Å². The molecule has 0 spiro atoms. The quantitative estimate of drug-likeness (QED) is 0.665. The van der Waals surface area contributed by atoms with Crippen molar-refractivity contribution in [1.29, 1.82) is 0 Å². The molecular weight excluding hydrogens is 388 g/mol. The summed E-state index contributed by atoms with van der Waals surface area (Å²) in [6.07, 6.45) is 4.98. The van der Waals surface area contributed by atoms with Gasteiger partial charge in [-0.2, -0.15) is 0 Å². The molecular formula is C22H30N2O2S2. The van der Waals surface area contributed by atoms with E-state index in [4.69, 9.17) is 0 Å².